The van der Waals surface area contributed by atoms with Gasteiger partial charge < -0.3 is 15.0 Å². The molecule has 5 heteroatoms. The van der Waals surface area contributed by atoms with Gasteiger partial charge in [-0.15, -0.1) is 0 Å². The molecule has 1 aliphatic heterocycles. The Labute approximate surface area is 148 Å². The lowest BCUT2D eigenvalue weighted by Gasteiger charge is -2.29. The lowest BCUT2D eigenvalue weighted by Crippen LogP contribution is -2.44. The fourth-order valence-electron chi connectivity index (χ4n) is 4.44. The number of likely N-dealkylation sites (tertiary alicyclic amines) is 1. The molecular formula is C20H26N2O3. The topological polar surface area (TPSA) is 58.6 Å². The van der Waals surface area contributed by atoms with Crippen molar-refractivity contribution in [3.8, 4) is 5.75 Å². The molecular weight excluding hydrogens is 316 g/mol. The lowest BCUT2D eigenvalue weighted by molar-refractivity contribution is -0.143. The molecule has 134 valence electrons. The molecule has 0 radical (unpaired) electrons. The molecule has 25 heavy (non-hydrogen) atoms. The van der Waals surface area contributed by atoms with Gasteiger partial charge in [-0.1, -0.05) is 0 Å². The first-order chi connectivity index (χ1) is 12.0. The van der Waals surface area contributed by atoms with Crippen molar-refractivity contribution in [3.63, 3.8) is 0 Å². The first kappa shape index (κ1) is 16.4. The van der Waals surface area contributed by atoms with Gasteiger partial charge in [-0.2, -0.15) is 0 Å². The van der Waals surface area contributed by atoms with Gasteiger partial charge in [-0.05, 0) is 69.2 Å². The molecule has 2 saturated carbocycles. The average Bonchev–Trinajstić information content (AvgIpc) is 3.52. The van der Waals surface area contributed by atoms with Crippen LogP contribution in [-0.4, -0.2) is 36.9 Å². The van der Waals surface area contributed by atoms with Crippen LogP contribution in [0.3, 0.4) is 0 Å². The van der Waals surface area contributed by atoms with E-state index in [0.717, 1.165) is 68.6 Å². The maximum atomic E-state index is 13.1. The molecule has 5 nitrogen and oxygen atoms in total. The summed E-state index contributed by atoms with van der Waals surface area (Å²) in [4.78, 5) is 28.1. The number of benzene rings is 1. The fraction of sp³-hybridized carbons (Fsp3) is 0.600. The van der Waals surface area contributed by atoms with E-state index >= 15 is 0 Å². The van der Waals surface area contributed by atoms with E-state index in [-0.39, 0.29) is 11.8 Å². The molecule has 1 N–H and O–H groups in total. The Balaban J connectivity index is 1.53. The summed E-state index contributed by atoms with van der Waals surface area (Å²) in [6.07, 6.45) is 5.55. The maximum Gasteiger partial charge on any atom is 0.231 e. The van der Waals surface area contributed by atoms with E-state index in [0.29, 0.717) is 0 Å². The number of ether oxygens (including phenoxy) is 1. The summed E-state index contributed by atoms with van der Waals surface area (Å²) in [5.41, 5.74) is 0.863. The Morgan fingerprint density at radius 2 is 1.72 bits per heavy atom. The van der Waals surface area contributed by atoms with Crippen LogP contribution in [0.2, 0.25) is 0 Å². The number of aryl methyl sites for hydroxylation is 1. The summed E-state index contributed by atoms with van der Waals surface area (Å²) in [5.74, 6) is 1.02. The largest absolute Gasteiger partial charge is 0.497 e. The Morgan fingerprint density at radius 1 is 1.08 bits per heavy atom. The fourth-order valence-corrected chi connectivity index (χ4v) is 4.44. The predicted molar refractivity (Wildman–Crippen MR) is 95.5 cm³/mol. The Kier molecular flexibility index (Phi) is 3.78. The highest BCUT2D eigenvalue weighted by molar-refractivity contribution is 6.03. The molecule has 0 atom stereocenters. The van der Waals surface area contributed by atoms with Gasteiger partial charge in [0.15, 0.2) is 0 Å². The number of anilines is 1. The van der Waals surface area contributed by atoms with Gasteiger partial charge in [0.1, 0.15) is 5.75 Å². The zero-order valence-corrected chi connectivity index (χ0v) is 15.1. The smallest absolute Gasteiger partial charge is 0.231 e. The SMILES string of the molecule is COc1ccc(NC(=O)C2(C3(C(=O)N4CCCC4)CC3)CC2)c(C)c1. The van der Waals surface area contributed by atoms with Crippen LogP contribution in [0.5, 0.6) is 5.75 Å². The number of rotatable bonds is 5. The summed E-state index contributed by atoms with van der Waals surface area (Å²) in [6.45, 7) is 3.67. The van der Waals surface area contributed by atoms with Crippen molar-refractivity contribution in [2.45, 2.75) is 45.4 Å². The molecule has 3 aliphatic rings. The molecule has 1 aromatic carbocycles. The second kappa shape index (κ2) is 5.75. The quantitative estimate of drug-likeness (QED) is 0.894. The molecule has 2 aliphatic carbocycles. The average molecular weight is 342 g/mol. The third-order valence-corrected chi connectivity index (χ3v) is 6.34. The minimum atomic E-state index is -0.487. The molecule has 3 fully saturated rings. The molecule has 1 saturated heterocycles. The third kappa shape index (κ3) is 2.52. The van der Waals surface area contributed by atoms with Crippen LogP contribution in [-0.2, 0) is 9.59 Å². The number of carbonyl (C=O) groups excluding carboxylic acids is 2. The summed E-state index contributed by atoms with van der Waals surface area (Å²) in [7, 11) is 1.63. The van der Waals surface area contributed by atoms with Crippen molar-refractivity contribution in [1.82, 2.24) is 4.90 Å². The first-order valence-electron chi connectivity index (χ1n) is 9.28. The second-order valence-electron chi connectivity index (χ2n) is 7.80. The summed E-state index contributed by atoms with van der Waals surface area (Å²) >= 11 is 0. The zero-order valence-electron chi connectivity index (χ0n) is 15.1. The van der Waals surface area contributed by atoms with E-state index in [1.54, 1.807) is 7.11 Å². The minimum Gasteiger partial charge on any atom is -0.497 e. The van der Waals surface area contributed by atoms with E-state index in [1.165, 1.54) is 0 Å². The van der Waals surface area contributed by atoms with E-state index in [4.69, 9.17) is 4.74 Å². The summed E-state index contributed by atoms with van der Waals surface area (Å²) in [5, 5.41) is 3.09. The Hall–Kier alpha value is -2.04. The third-order valence-electron chi connectivity index (χ3n) is 6.34. The van der Waals surface area contributed by atoms with Crippen LogP contribution in [0.15, 0.2) is 18.2 Å². The van der Waals surface area contributed by atoms with Crippen molar-refractivity contribution in [3.05, 3.63) is 23.8 Å². The number of nitrogens with zero attached hydrogens (tertiary/aromatic N) is 1. The van der Waals surface area contributed by atoms with E-state index in [1.807, 2.05) is 30.0 Å². The highest BCUT2D eigenvalue weighted by Gasteiger charge is 2.73. The number of methoxy groups -OCH3 is 1. The number of carbonyl (C=O) groups is 2. The molecule has 4 rings (SSSR count). The number of hydrogen-bond acceptors (Lipinski definition) is 3. The molecule has 0 spiro atoms. The van der Waals surface area contributed by atoms with Crippen molar-refractivity contribution in [2.75, 3.05) is 25.5 Å². The van der Waals surface area contributed by atoms with Crippen LogP contribution < -0.4 is 10.1 Å². The summed E-state index contributed by atoms with van der Waals surface area (Å²) in [6, 6.07) is 5.64. The number of hydrogen-bond donors (Lipinski definition) is 1. The van der Waals surface area contributed by atoms with Crippen LogP contribution in [0, 0.1) is 17.8 Å². The predicted octanol–water partition coefficient (Wildman–Crippen LogP) is 3.12. The van der Waals surface area contributed by atoms with Crippen LogP contribution >= 0.6 is 0 Å². The van der Waals surface area contributed by atoms with Crippen molar-refractivity contribution >= 4 is 17.5 Å². The maximum absolute atomic E-state index is 13.1. The normalized spacial score (nSPS) is 22.4. The van der Waals surface area contributed by atoms with Crippen molar-refractivity contribution in [1.29, 1.82) is 0 Å². The Morgan fingerprint density at radius 3 is 2.24 bits per heavy atom. The van der Waals surface area contributed by atoms with E-state index < -0.39 is 10.8 Å². The van der Waals surface area contributed by atoms with Crippen LogP contribution in [0.1, 0.15) is 44.1 Å². The Bertz CT molecular complexity index is 714. The van der Waals surface area contributed by atoms with E-state index in [9.17, 15) is 9.59 Å². The van der Waals surface area contributed by atoms with Crippen LogP contribution in [0.4, 0.5) is 5.69 Å². The number of amides is 2. The highest BCUT2D eigenvalue weighted by atomic mass is 16.5. The van der Waals surface area contributed by atoms with Gasteiger partial charge in [0, 0.05) is 18.8 Å². The van der Waals surface area contributed by atoms with Gasteiger partial charge >= 0.3 is 0 Å². The van der Waals surface area contributed by atoms with Crippen LogP contribution in [0.25, 0.3) is 0 Å². The first-order valence-corrected chi connectivity index (χ1v) is 9.28. The van der Waals surface area contributed by atoms with Gasteiger partial charge in [0.2, 0.25) is 11.8 Å². The van der Waals surface area contributed by atoms with Crippen molar-refractivity contribution in [2.24, 2.45) is 10.8 Å². The molecule has 1 heterocycles. The molecule has 2 amide bonds. The molecule has 0 bridgehead atoms. The molecule has 0 aromatic heterocycles. The zero-order chi connectivity index (χ0) is 17.7. The number of nitrogens with one attached hydrogen (secondary N) is 1. The van der Waals surface area contributed by atoms with Gasteiger partial charge in [-0.3, -0.25) is 9.59 Å². The minimum absolute atomic E-state index is 0.0193. The van der Waals surface area contributed by atoms with Crippen molar-refractivity contribution < 1.29 is 14.3 Å². The molecule has 0 unspecified atom stereocenters. The van der Waals surface area contributed by atoms with E-state index in [2.05, 4.69) is 5.32 Å². The van der Waals surface area contributed by atoms with Gasteiger partial charge in [0.25, 0.3) is 0 Å². The summed E-state index contributed by atoms with van der Waals surface area (Å²) < 4.78 is 5.22. The lowest BCUT2D eigenvalue weighted by atomic mass is 9.83. The second-order valence-corrected chi connectivity index (χ2v) is 7.80. The molecule has 1 aromatic rings. The standard InChI is InChI=1S/C20H26N2O3/c1-14-13-15(25-2)5-6-16(14)21-17(23)19(7-8-19)20(9-10-20)18(24)22-11-3-4-12-22/h5-6,13H,3-4,7-12H2,1-2H3,(H,21,23). The monoisotopic (exact) mass is 342 g/mol. The van der Waals surface area contributed by atoms with Gasteiger partial charge in [-0.25, -0.2) is 0 Å². The van der Waals surface area contributed by atoms with Gasteiger partial charge in [0.05, 0.1) is 17.9 Å². The highest BCUT2D eigenvalue weighted by Crippen LogP contribution is 2.71.